The second kappa shape index (κ2) is 12.1. The Hall–Kier alpha value is -3.79. The third-order valence-electron chi connectivity index (χ3n) is 6.01. The number of morpholine rings is 1. The molecule has 1 fully saturated rings. The minimum absolute atomic E-state index is 0.0151. The lowest BCUT2D eigenvalue weighted by Gasteiger charge is -2.35. The molecule has 3 aromatic carbocycles. The fourth-order valence-corrected chi connectivity index (χ4v) is 4.07. The van der Waals surface area contributed by atoms with Crippen LogP contribution in [0.5, 0.6) is 11.5 Å². The van der Waals surface area contributed by atoms with E-state index in [4.69, 9.17) is 14.2 Å². The molecule has 1 heterocycles. The normalized spacial score (nSPS) is 14.3. The second-order valence-corrected chi connectivity index (χ2v) is 8.18. The van der Waals surface area contributed by atoms with E-state index in [0.29, 0.717) is 36.8 Å². The average molecular weight is 471 g/mol. The van der Waals surface area contributed by atoms with Gasteiger partial charge in [0, 0.05) is 36.3 Å². The standard InChI is InChI=1S/C29H30N2O4/c1-33-27-15-14-25(20-28(27)34-2)26(31-16-18-35-19-17-31)21-30-29(32)24-12-10-23(11-13-24)9-8-22-6-4-3-5-7-22/h3-7,10-15,20,26H,16-19,21H2,1-2H3,(H,30,32). The molecule has 35 heavy (non-hydrogen) atoms. The molecule has 6 nitrogen and oxygen atoms in total. The molecule has 1 atom stereocenters. The summed E-state index contributed by atoms with van der Waals surface area (Å²) in [6, 6.07) is 23.1. The van der Waals surface area contributed by atoms with Gasteiger partial charge in [0.05, 0.1) is 33.5 Å². The summed E-state index contributed by atoms with van der Waals surface area (Å²) in [5.41, 5.74) is 3.47. The zero-order valence-corrected chi connectivity index (χ0v) is 20.1. The number of hydrogen-bond donors (Lipinski definition) is 1. The van der Waals surface area contributed by atoms with E-state index in [1.54, 1.807) is 14.2 Å². The summed E-state index contributed by atoms with van der Waals surface area (Å²) in [6.07, 6.45) is 0. The summed E-state index contributed by atoms with van der Waals surface area (Å²) in [4.78, 5) is 15.3. The maximum absolute atomic E-state index is 12.9. The van der Waals surface area contributed by atoms with E-state index in [-0.39, 0.29) is 11.9 Å². The van der Waals surface area contributed by atoms with Crippen LogP contribution in [-0.4, -0.2) is 57.9 Å². The maximum Gasteiger partial charge on any atom is 0.251 e. The van der Waals surface area contributed by atoms with Crippen LogP contribution in [0.25, 0.3) is 0 Å². The van der Waals surface area contributed by atoms with Gasteiger partial charge < -0.3 is 19.5 Å². The van der Waals surface area contributed by atoms with Crippen molar-refractivity contribution >= 4 is 5.91 Å². The van der Waals surface area contributed by atoms with Crippen molar-refractivity contribution < 1.29 is 19.0 Å². The number of carbonyl (C=O) groups is 1. The molecule has 180 valence electrons. The van der Waals surface area contributed by atoms with Gasteiger partial charge in [0.25, 0.3) is 5.91 Å². The highest BCUT2D eigenvalue weighted by atomic mass is 16.5. The number of rotatable bonds is 7. The van der Waals surface area contributed by atoms with Gasteiger partial charge in [-0.1, -0.05) is 36.1 Å². The molecule has 4 rings (SSSR count). The largest absolute Gasteiger partial charge is 0.493 e. The highest BCUT2D eigenvalue weighted by Crippen LogP contribution is 2.32. The van der Waals surface area contributed by atoms with Gasteiger partial charge in [0.2, 0.25) is 0 Å². The fourth-order valence-electron chi connectivity index (χ4n) is 4.07. The predicted octanol–water partition coefficient (Wildman–Crippen LogP) is 3.91. The van der Waals surface area contributed by atoms with Crippen molar-refractivity contribution in [3.8, 4) is 23.3 Å². The zero-order chi connectivity index (χ0) is 24.5. The molecule has 1 saturated heterocycles. The molecule has 0 bridgehead atoms. The lowest BCUT2D eigenvalue weighted by molar-refractivity contribution is 0.0162. The number of hydrogen-bond acceptors (Lipinski definition) is 5. The first-order valence-electron chi connectivity index (χ1n) is 11.7. The molecule has 0 radical (unpaired) electrons. The molecule has 0 spiro atoms. The number of amides is 1. The number of nitrogens with zero attached hydrogens (tertiary/aromatic N) is 1. The minimum Gasteiger partial charge on any atom is -0.493 e. The zero-order valence-electron chi connectivity index (χ0n) is 20.1. The van der Waals surface area contributed by atoms with Crippen molar-refractivity contribution in [2.24, 2.45) is 0 Å². The van der Waals surface area contributed by atoms with E-state index in [2.05, 4.69) is 22.1 Å². The van der Waals surface area contributed by atoms with Crippen LogP contribution in [0.3, 0.4) is 0 Å². The molecule has 1 unspecified atom stereocenters. The first-order chi connectivity index (χ1) is 17.2. The molecule has 1 aliphatic heterocycles. The molecule has 0 saturated carbocycles. The van der Waals surface area contributed by atoms with E-state index in [9.17, 15) is 4.79 Å². The Morgan fingerprint density at radius 2 is 1.57 bits per heavy atom. The van der Waals surface area contributed by atoms with Crippen LogP contribution in [0, 0.1) is 11.8 Å². The highest BCUT2D eigenvalue weighted by molar-refractivity contribution is 5.94. The Kier molecular flexibility index (Phi) is 8.39. The molecular weight excluding hydrogens is 440 g/mol. The van der Waals surface area contributed by atoms with Crippen LogP contribution in [0.4, 0.5) is 0 Å². The van der Waals surface area contributed by atoms with Crippen molar-refractivity contribution in [2.75, 3.05) is 47.1 Å². The summed E-state index contributed by atoms with van der Waals surface area (Å²) < 4.78 is 16.4. The van der Waals surface area contributed by atoms with Crippen molar-refractivity contribution in [1.82, 2.24) is 10.2 Å². The third kappa shape index (κ3) is 6.42. The van der Waals surface area contributed by atoms with E-state index in [1.165, 1.54) is 0 Å². The number of nitrogens with one attached hydrogen (secondary N) is 1. The van der Waals surface area contributed by atoms with E-state index >= 15 is 0 Å². The quantitative estimate of drug-likeness (QED) is 0.531. The van der Waals surface area contributed by atoms with Gasteiger partial charge in [0.15, 0.2) is 11.5 Å². The highest BCUT2D eigenvalue weighted by Gasteiger charge is 2.24. The number of methoxy groups -OCH3 is 2. The fraction of sp³-hybridized carbons (Fsp3) is 0.276. The molecule has 1 aliphatic rings. The van der Waals surface area contributed by atoms with Gasteiger partial charge in [-0.2, -0.15) is 0 Å². The second-order valence-electron chi connectivity index (χ2n) is 8.18. The van der Waals surface area contributed by atoms with Crippen LogP contribution in [0.15, 0.2) is 72.8 Å². The first kappa shape index (κ1) is 24.3. The minimum atomic E-state index is -0.119. The molecular formula is C29H30N2O4. The van der Waals surface area contributed by atoms with Crippen LogP contribution in [0.2, 0.25) is 0 Å². The van der Waals surface area contributed by atoms with E-state index < -0.39 is 0 Å². The summed E-state index contributed by atoms with van der Waals surface area (Å²) >= 11 is 0. The average Bonchev–Trinajstić information content (AvgIpc) is 2.93. The van der Waals surface area contributed by atoms with Gasteiger partial charge in [-0.25, -0.2) is 0 Å². The number of ether oxygens (including phenoxy) is 3. The van der Waals surface area contributed by atoms with Crippen molar-refractivity contribution in [3.63, 3.8) is 0 Å². The van der Waals surface area contributed by atoms with Crippen LogP contribution >= 0.6 is 0 Å². The van der Waals surface area contributed by atoms with Crippen LogP contribution in [0.1, 0.15) is 33.1 Å². The van der Waals surface area contributed by atoms with E-state index in [0.717, 1.165) is 29.8 Å². The Labute approximate surface area is 206 Å². The molecule has 3 aromatic rings. The Morgan fingerprint density at radius 3 is 2.23 bits per heavy atom. The monoisotopic (exact) mass is 470 g/mol. The first-order valence-corrected chi connectivity index (χ1v) is 11.7. The summed E-state index contributed by atoms with van der Waals surface area (Å²) in [7, 11) is 3.25. The van der Waals surface area contributed by atoms with Gasteiger partial charge in [-0.15, -0.1) is 0 Å². The molecule has 1 amide bonds. The summed E-state index contributed by atoms with van der Waals surface area (Å²) in [5.74, 6) is 7.50. The number of carbonyl (C=O) groups excluding carboxylic acids is 1. The van der Waals surface area contributed by atoms with Gasteiger partial charge in [0.1, 0.15) is 0 Å². The Balaban J connectivity index is 1.45. The molecule has 0 aromatic heterocycles. The Bertz CT molecular complexity index is 1180. The molecule has 1 N–H and O–H groups in total. The lowest BCUT2D eigenvalue weighted by atomic mass is 10.0. The molecule has 0 aliphatic carbocycles. The summed E-state index contributed by atoms with van der Waals surface area (Å²) in [6.45, 7) is 3.39. The van der Waals surface area contributed by atoms with Gasteiger partial charge in [-0.3, -0.25) is 9.69 Å². The number of benzene rings is 3. The summed E-state index contributed by atoms with van der Waals surface area (Å²) in [5, 5.41) is 3.11. The van der Waals surface area contributed by atoms with Crippen molar-refractivity contribution in [1.29, 1.82) is 0 Å². The maximum atomic E-state index is 12.9. The SMILES string of the molecule is COc1ccc(C(CNC(=O)c2ccc(C#Cc3ccccc3)cc2)N2CCOCC2)cc1OC. The van der Waals surface area contributed by atoms with Crippen molar-refractivity contribution in [3.05, 3.63) is 95.1 Å². The topological polar surface area (TPSA) is 60.0 Å². The van der Waals surface area contributed by atoms with Crippen LogP contribution < -0.4 is 14.8 Å². The van der Waals surface area contributed by atoms with Crippen LogP contribution in [-0.2, 0) is 4.74 Å². The van der Waals surface area contributed by atoms with Gasteiger partial charge in [-0.05, 0) is 54.1 Å². The van der Waals surface area contributed by atoms with Gasteiger partial charge >= 0.3 is 0 Å². The van der Waals surface area contributed by atoms with Crippen molar-refractivity contribution in [2.45, 2.75) is 6.04 Å². The third-order valence-corrected chi connectivity index (χ3v) is 6.01. The predicted molar refractivity (Wildman–Crippen MR) is 136 cm³/mol. The lowest BCUT2D eigenvalue weighted by Crippen LogP contribution is -2.43. The Morgan fingerprint density at radius 1 is 0.914 bits per heavy atom. The smallest absolute Gasteiger partial charge is 0.251 e. The molecule has 6 heteroatoms. The van der Waals surface area contributed by atoms with E-state index in [1.807, 2.05) is 72.8 Å².